The lowest BCUT2D eigenvalue weighted by molar-refractivity contribution is 0.0629. The van der Waals surface area contributed by atoms with E-state index < -0.39 is 18.5 Å². The Balaban J connectivity index is 3.18. The van der Waals surface area contributed by atoms with Gasteiger partial charge < -0.3 is 10.2 Å². The number of aliphatic hydroxyl groups is 2. The summed E-state index contributed by atoms with van der Waals surface area (Å²) in [4.78, 5) is 12.3. The van der Waals surface area contributed by atoms with Crippen molar-refractivity contribution in [3.05, 3.63) is 20.9 Å². The average Bonchev–Trinajstić information content (AvgIpc) is 2.32. The van der Waals surface area contributed by atoms with Crippen LogP contribution in [0.2, 0.25) is 0 Å². The summed E-state index contributed by atoms with van der Waals surface area (Å²) in [5.74, 6) is 4.95. The molecular formula is C6H10N10O2. The van der Waals surface area contributed by atoms with Gasteiger partial charge in [0.25, 0.3) is 0 Å². The van der Waals surface area contributed by atoms with E-state index in [2.05, 4.69) is 30.0 Å². The second-order valence-electron chi connectivity index (χ2n) is 3.23. The highest BCUT2D eigenvalue weighted by molar-refractivity contribution is 6.00. The first-order valence-electron chi connectivity index (χ1n) is 4.67. The zero-order valence-corrected chi connectivity index (χ0v) is 9.23. The molecule has 96 valence electrons. The minimum absolute atomic E-state index is 0.222. The maximum Gasteiger partial charge on any atom is 0.217 e. The number of azide groups is 2. The third-order valence-electron chi connectivity index (χ3n) is 1.97. The summed E-state index contributed by atoms with van der Waals surface area (Å²) in [6, 6.07) is 0. The first kappa shape index (κ1) is 13.7. The van der Waals surface area contributed by atoms with Crippen LogP contribution in [0.5, 0.6) is 0 Å². The van der Waals surface area contributed by atoms with E-state index in [1.807, 2.05) is 0 Å². The number of guanidine groups is 1. The molecule has 4 N–H and O–H groups in total. The monoisotopic (exact) mass is 254 g/mol. The van der Waals surface area contributed by atoms with Gasteiger partial charge in [-0.25, -0.2) is 15.8 Å². The molecular weight excluding hydrogens is 244 g/mol. The Bertz CT molecular complexity index is 471. The summed E-state index contributed by atoms with van der Waals surface area (Å²) in [5.41, 5.74) is 16.6. The molecule has 0 fully saturated rings. The second kappa shape index (κ2) is 5.82. The van der Waals surface area contributed by atoms with Gasteiger partial charge in [0.15, 0.2) is 5.84 Å². The van der Waals surface area contributed by atoms with Crippen LogP contribution < -0.4 is 5.84 Å². The molecule has 3 unspecified atom stereocenters. The summed E-state index contributed by atoms with van der Waals surface area (Å²) >= 11 is 0. The van der Waals surface area contributed by atoms with Crippen molar-refractivity contribution in [2.75, 3.05) is 0 Å². The lowest BCUT2D eigenvalue weighted by Crippen LogP contribution is -2.53. The number of nitrogens with two attached hydrogens (primary N) is 1. The van der Waals surface area contributed by atoms with E-state index in [4.69, 9.17) is 16.9 Å². The molecule has 1 rings (SSSR count). The highest BCUT2D eigenvalue weighted by Crippen LogP contribution is 2.12. The van der Waals surface area contributed by atoms with E-state index in [-0.39, 0.29) is 11.8 Å². The van der Waals surface area contributed by atoms with Crippen molar-refractivity contribution < 1.29 is 10.2 Å². The van der Waals surface area contributed by atoms with Crippen LogP contribution in [0.1, 0.15) is 6.92 Å². The van der Waals surface area contributed by atoms with Crippen molar-refractivity contribution >= 4 is 11.8 Å². The fourth-order valence-electron chi connectivity index (χ4n) is 1.12. The molecule has 3 atom stereocenters. The van der Waals surface area contributed by atoms with Crippen molar-refractivity contribution in [3.63, 3.8) is 0 Å². The van der Waals surface area contributed by atoms with Crippen LogP contribution in [0.25, 0.3) is 20.9 Å². The molecule has 12 heteroatoms. The molecule has 0 aromatic rings. The van der Waals surface area contributed by atoms with E-state index in [1.54, 1.807) is 0 Å². The third kappa shape index (κ3) is 2.85. The summed E-state index contributed by atoms with van der Waals surface area (Å²) in [6.45, 7) is 1.31. The van der Waals surface area contributed by atoms with Gasteiger partial charge in [0.1, 0.15) is 6.10 Å². The summed E-state index contributed by atoms with van der Waals surface area (Å²) in [6.07, 6.45) is -3.87. The number of hydrogen-bond acceptors (Lipinski definition) is 8. The number of hydrazine groups is 1. The van der Waals surface area contributed by atoms with Crippen molar-refractivity contribution in [1.82, 2.24) is 5.01 Å². The van der Waals surface area contributed by atoms with Crippen LogP contribution in [0.15, 0.2) is 20.2 Å². The van der Waals surface area contributed by atoms with E-state index in [0.29, 0.717) is 0 Å². The van der Waals surface area contributed by atoms with Gasteiger partial charge in [-0.1, -0.05) is 0 Å². The minimum atomic E-state index is -1.44. The third-order valence-corrected chi connectivity index (χ3v) is 1.97. The number of hydrogen-bond donors (Lipinski definition) is 3. The summed E-state index contributed by atoms with van der Waals surface area (Å²) in [7, 11) is 0. The molecule has 0 amide bonds. The van der Waals surface area contributed by atoms with Crippen LogP contribution >= 0.6 is 0 Å². The average molecular weight is 254 g/mol. The predicted octanol–water partition coefficient (Wildman–Crippen LogP) is -0.424. The number of aliphatic hydroxyl groups excluding tert-OH is 2. The first-order valence-corrected chi connectivity index (χ1v) is 4.67. The van der Waals surface area contributed by atoms with Gasteiger partial charge in [0.2, 0.25) is 12.2 Å². The second-order valence-corrected chi connectivity index (χ2v) is 3.23. The van der Waals surface area contributed by atoms with E-state index in [1.165, 1.54) is 6.92 Å². The molecule has 0 radical (unpaired) electrons. The van der Waals surface area contributed by atoms with Crippen molar-refractivity contribution in [2.24, 2.45) is 26.1 Å². The van der Waals surface area contributed by atoms with Gasteiger partial charge >= 0.3 is 0 Å². The van der Waals surface area contributed by atoms with Gasteiger partial charge in [0, 0.05) is 9.82 Å². The smallest absolute Gasteiger partial charge is 0.217 e. The highest BCUT2D eigenvalue weighted by Gasteiger charge is 2.30. The quantitative estimate of drug-likeness (QED) is 0.266. The molecule has 0 saturated carbocycles. The maximum atomic E-state index is 9.67. The Morgan fingerprint density at radius 2 is 2.11 bits per heavy atom. The van der Waals surface area contributed by atoms with Crippen LogP contribution in [0, 0.1) is 0 Å². The van der Waals surface area contributed by atoms with Gasteiger partial charge in [-0.3, -0.25) is 5.01 Å². The number of rotatable bonds is 3. The fraction of sp³-hybridized carbons (Fsp3) is 0.667. The van der Waals surface area contributed by atoms with Crippen LogP contribution in [-0.2, 0) is 0 Å². The standard InChI is InChI=1S/C6H10N10O2/c1-2(17)3(18)4-10-5(12-14-7)11-6(13-15-8)16(4)9/h2-3,6,17-18H,9H2,1H3. The molecule has 12 nitrogen and oxygen atoms in total. The van der Waals surface area contributed by atoms with Gasteiger partial charge in [-0.15, -0.1) is 0 Å². The SMILES string of the molecule is CC(O)C(O)C1=NC(N=[N+]=[N-])=NC(N=[N+]=[N-])N1N. The topological polar surface area (TPSA) is 192 Å². The Kier molecular flexibility index (Phi) is 4.43. The van der Waals surface area contributed by atoms with Crippen LogP contribution in [-0.4, -0.2) is 45.5 Å². The minimum Gasteiger partial charge on any atom is -0.390 e. The van der Waals surface area contributed by atoms with Crippen molar-refractivity contribution in [3.8, 4) is 0 Å². The van der Waals surface area contributed by atoms with E-state index >= 15 is 0 Å². The predicted molar refractivity (Wildman–Crippen MR) is 60.7 cm³/mol. The molecule has 0 bridgehead atoms. The molecule has 1 heterocycles. The maximum absolute atomic E-state index is 9.67. The van der Waals surface area contributed by atoms with Crippen molar-refractivity contribution in [2.45, 2.75) is 25.4 Å². The Hall–Kier alpha value is -2.36. The number of aliphatic imine (C=N–C) groups is 2. The molecule has 0 aromatic heterocycles. The summed E-state index contributed by atoms with van der Waals surface area (Å²) in [5, 5.41) is 26.1. The fourth-order valence-corrected chi connectivity index (χ4v) is 1.12. The van der Waals surface area contributed by atoms with E-state index in [9.17, 15) is 10.2 Å². The zero-order valence-electron chi connectivity index (χ0n) is 9.23. The normalized spacial score (nSPS) is 22.0. The molecule has 0 saturated heterocycles. The Labute approximate surface area is 100 Å². The van der Waals surface area contributed by atoms with Gasteiger partial charge in [-0.05, 0) is 28.2 Å². The number of nitrogens with zero attached hydrogens (tertiary/aromatic N) is 9. The molecule has 18 heavy (non-hydrogen) atoms. The van der Waals surface area contributed by atoms with Crippen LogP contribution in [0.3, 0.4) is 0 Å². The molecule has 0 spiro atoms. The van der Waals surface area contributed by atoms with Gasteiger partial charge in [-0.2, -0.15) is 0 Å². The molecule has 1 aliphatic rings. The van der Waals surface area contributed by atoms with Gasteiger partial charge in [0.05, 0.1) is 6.10 Å². The lowest BCUT2D eigenvalue weighted by Gasteiger charge is -2.30. The molecule has 0 aliphatic carbocycles. The van der Waals surface area contributed by atoms with E-state index in [0.717, 1.165) is 5.01 Å². The Morgan fingerprint density at radius 1 is 1.44 bits per heavy atom. The molecule has 0 aromatic carbocycles. The summed E-state index contributed by atoms with van der Waals surface area (Å²) < 4.78 is 0. The number of amidine groups is 1. The zero-order chi connectivity index (χ0) is 13.7. The molecule has 1 aliphatic heterocycles. The largest absolute Gasteiger partial charge is 0.390 e. The van der Waals surface area contributed by atoms with Crippen LogP contribution in [0.4, 0.5) is 0 Å². The first-order chi connectivity index (χ1) is 8.51. The lowest BCUT2D eigenvalue weighted by atomic mass is 10.2. The Morgan fingerprint density at radius 3 is 2.61 bits per heavy atom. The van der Waals surface area contributed by atoms with Crippen molar-refractivity contribution in [1.29, 1.82) is 0 Å². The highest BCUT2D eigenvalue weighted by atomic mass is 16.3.